The number of carbonyl (C=O) groups excluding carboxylic acids is 2. The maximum atomic E-state index is 13.2. The number of nitrogens with zero attached hydrogens (tertiary/aromatic N) is 1. The molecule has 1 aromatic carbocycles. The molecule has 2 bridgehead atoms. The van der Waals surface area contributed by atoms with Gasteiger partial charge >= 0.3 is 0 Å². The van der Waals surface area contributed by atoms with E-state index in [1.807, 2.05) is 26.0 Å². The number of rotatable bonds is 1. The molecule has 5 aliphatic rings. The second-order valence-electron chi connectivity index (χ2n) is 7.55. The number of imide groups is 1. The van der Waals surface area contributed by atoms with Crippen LogP contribution in [0.1, 0.15) is 17.5 Å². The summed E-state index contributed by atoms with van der Waals surface area (Å²) in [6.45, 7) is 3.94. The minimum Gasteiger partial charge on any atom is -0.274 e. The van der Waals surface area contributed by atoms with E-state index in [1.54, 1.807) is 0 Å². The van der Waals surface area contributed by atoms with Crippen LogP contribution in [0.2, 0.25) is 0 Å². The summed E-state index contributed by atoms with van der Waals surface area (Å²) in [5.41, 5.74) is 2.75. The van der Waals surface area contributed by atoms with Gasteiger partial charge in [-0.2, -0.15) is 0 Å². The fourth-order valence-corrected chi connectivity index (χ4v) is 6.12. The molecule has 0 N–H and O–H groups in total. The second-order valence-corrected chi connectivity index (χ2v) is 8.47. The number of aryl methyl sites for hydroxylation is 2. The molecule has 6 atom stereocenters. The molecule has 6 unspecified atom stereocenters. The Labute approximate surface area is 143 Å². The van der Waals surface area contributed by atoms with Crippen LogP contribution in [0.3, 0.4) is 0 Å². The highest BCUT2D eigenvalue weighted by atomic mass is 79.9. The molecule has 2 amide bonds. The Balaban J connectivity index is 1.63. The third-order valence-electron chi connectivity index (χ3n) is 6.34. The molecule has 3 nitrogen and oxygen atoms in total. The van der Waals surface area contributed by atoms with Crippen LogP contribution in [-0.4, -0.2) is 11.8 Å². The van der Waals surface area contributed by atoms with E-state index in [2.05, 4.69) is 28.1 Å². The quantitative estimate of drug-likeness (QED) is 0.558. The highest BCUT2D eigenvalue weighted by Gasteiger charge is 2.67. The fourth-order valence-electron chi connectivity index (χ4n) is 5.43. The monoisotopic (exact) mass is 371 g/mol. The first kappa shape index (κ1) is 14.0. The summed E-state index contributed by atoms with van der Waals surface area (Å²) >= 11 is 3.49. The molecule has 23 heavy (non-hydrogen) atoms. The minimum absolute atomic E-state index is 0.0261. The predicted molar refractivity (Wildman–Crippen MR) is 90.8 cm³/mol. The molecule has 6 rings (SSSR count). The van der Waals surface area contributed by atoms with Crippen LogP contribution in [0.15, 0.2) is 28.8 Å². The van der Waals surface area contributed by atoms with Crippen molar-refractivity contribution in [1.82, 2.24) is 0 Å². The summed E-state index contributed by atoms with van der Waals surface area (Å²) in [4.78, 5) is 27.8. The lowest BCUT2D eigenvalue weighted by Crippen LogP contribution is -2.40. The number of halogens is 1. The average Bonchev–Trinajstić information content (AvgIpc) is 3.26. The number of carbonyl (C=O) groups is 2. The van der Waals surface area contributed by atoms with Gasteiger partial charge in [0.25, 0.3) is 0 Å². The molecule has 0 aromatic heterocycles. The van der Waals surface area contributed by atoms with E-state index in [0.29, 0.717) is 11.8 Å². The maximum absolute atomic E-state index is 13.2. The lowest BCUT2D eigenvalue weighted by atomic mass is 9.63. The van der Waals surface area contributed by atoms with Crippen LogP contribution in [0, 0.1) is 49.4 Å². The van der Waals surface area contributed by atoms with Gasteiger partial charge in [0.05, 0.1) is 17.5 Å². The van der Waals surface area contributed by atoms with E-state index in [0.717, 1.165) is 21.3 Å². The molecule has 1 aliphatic heterocycles. The number of hydrogen-bond acceptors (Lipinski definition) is 2. The van der Waals surface area contributed by atoms with Crippen LogP contribution in [0.25, 0.3) is 0 Å². The van der Waals surface area contributed by atoms with E-state index in [4.69, 9.17) is 0 Å². The number of benzene rings is 1. The average molecular weight is 372 g/mol. The Morgan fingerprint density at radius 3 is 1.91 bits per heavy atom. The molecule has 0 spiro atoms. The maximum Gasteiger partial charge on any atom is 0.238 e. The smallest absolute Gasteiger partial charge is 0.238 e. The largest absolute Gasteiger partial charge is 0.274 e. The Hall–Kier alpha value is -1.42. The van der Waals surface area contributed by atoms with Crippen molar-refractivity contribution in [3.63, 3.8) is 0 Å². The molecule has 3 fully saturated rings. The van der Waals surface area contributed by atoms with E-state index in [-0.39, 0.29) is 35.5 Å². The van der Waals surface area contributed by atoms with Gasteiger partial charge in [-0.15, -0.1) is 0 Å². The molecule has 1 aromatic rings. The summed E-state index contributed by atoms with van der Waals surface area (Å²) in [6, 6.07) is 3.96. The van der Waals surface area contributed by atoms with Gasteiger partial charge in [0.2, 0.25) is 11.8 Å². The van der Waals surface area contributed by atoms with Gasteiger partial charge in [-0.25, -0.2) is 4.90 Å². The molecule has 118 valence electrons. The van der Waals surface area contributed by atoms with Crippen molar-refractivity contribution in [2.45, 2.75) is 20.3 Å². The van der Waals surface area contributed by atoms with E-state index in [1.165, 1.54) is 11.3 Å². The molecule has 0 radical (unpaired) electrons. The zero-order valence-corrected chi connectivity index (χ0v) is 14.7. The lowest BCUT2D eigenvalue weighted by Gasteiger charge is -2.37. The molecule has 4 aliphatic carbocycles. The fraction of sp³-hybridized carbons (Fsp3) is 0.474. The molecule has 1 saturated heterocycles. The van der Waals surface area contributed by atoms with E-state index >= 15 is 0 Å². The van der Waals surface area contributed by atoms with Crippen molar-refractivity contribution in [1.29, 1.82) is 0 Å². The SMILES string of the molecule is Cc1cc(Br)cc(C)c1N1C(=O)C2C3C=CC(C4CC34)C2C1=O. The van der Waals surface area contributed by atoms with Crippen LogP contribution in [0.4, 0.5) is 5.69 Å². The van der Waals surface area contributed by atoms with Gasteiger partial charge in [0, 0.05) is 4.47 Å². The Bertz CT molecular complexity index is 740. The van der Waals surface area contributed by atoms with Gasteiger partial charge in [0.1, 0.15) is 0 Å². The minimum atomic E-state index is -0.122. The molecule has 1 heterocycles. The van der Waals surface area contributed by atoms with Gasteiger partial charge in [-0.05, 0) is 67.2 Å². The van der Waals surface area contributed by atoms with Crippen molar-refractivity contribution in [2.75, 3.05) is 4.90 Å². The lowest BCUT2D eigenvalue weighted by molar-refractivity contribution is -0.124. The zero-order valence-electron chi connectivity index (χ0n) is 13.1. The Morgan fingerprint density at radius 2 is 1.43 bits per heavy atom. The van der Waals surface area contributed by atoms with Gasteiger partial charge in [-0.3, -0.25) is 9.59 Å². The summed E-state index contributed by atoms with van der Waals surface area (Å²) in [5.74, 6) is 1.67. The van der Waals surface area contributed by atoms with Crippen LogP contribution < -0.4 is 4.90 Å². The van der Waals surface area contributed by atoms with Crippen molar-refractivity contribution >= 4 is 33.4 Å². The second kappa shape index (κ2) is 4.35. The number of allylic oxidation sites excluding steroid dienone is 2. The Kier molecular flexibility index (Phi) is 2.64. The number of amides is 2. The summed E-state index contributed by atoms with van der Waals surface area (Å²) in [5, 5.41) is 0. The third kappa shape index (κ3) is 1.65. The van der Waals surface area contributed by atoms with Gasteiger partial charge in [-0.1, -0.05) is 28.1 Å². The first-order valence-corrected chi connectivity index (χ1v) is 9.11. The molecular weight excluding hydrogens is 354 g/mol. The van der Waals surface area contributed by atoms with Crippen molar-refractivity contribution < 1.29 is 9.59 Å². The van der Waals surface area contributed by atoms with Crippen LogP contribution >= 0.6 is 15.9 Å². The number of anilines is 1. The van der Waals surface area contributed by atoms with Gasteiger partial charge in [0.15, 0.2) is 0 Å². The summed E-state index contributed by atoms with van der Waals surface area (Å²) < 4.78 is 0.982. The highest BCUT2D eigenvalue weighted by Crippen LogP contribution is 2.65. The first-order chi connectivity index (χ1) is 11.0. The van der Waals surface area contributed by atoms with Crippen LogP contribution in [-0.2, 0) is 9.59 Å². The topological polar surface area (TPSA) is 37.4 Å². The third-order valence-corrected chi connectivity index (χ3v) is 6.80. The number of hydrogen-bond donors (Lipinski definition) is 0. The van der Waals surface area contributed by atoms with Crippen molar-refractivity contribution in [3.8, 4) is 0 Å². The van der Waals surface area contributed by atoms with Crippen LogP contribution in [0.5, 0.6) is 0 Å². The highest BCUT2D eigenvalue weighted by molar-refractivity contribution is 9.10. The normalized spacial score (nSPS) is 39.7. The summed E-state index contributed by atoms with van der Waals surface area (Å²) in [6.07, 6.45) is 5.64. The van der Waals surface area contributed by atoms with Crippen molar-refractivity contribution in [2.24, 2.45) is 35.5 Å². The molecule has 2 saturated carbocycles. The standard InChI is InChI=1S/C19H18BrNO2/c1-8-5-10(20)6-9(2)17(8)21-18(22)15-11-3-4-12(14-7-13(11)14)16(15)19(21)23/h3-6,11-16H,7H2,1-2H3. The Morgan fingerprint density at radius 1 is 0.957 bits per heavy atom. The predicted octanol–water partition coefficient (Wildman–Crippen LogP) is 3.62. The van der Waals surface area contributed by atoms with E-state index in [9.17, 15) is 9.59 Å². The molecular formula is C19H18BrNO2. The van der Waals surface area contributed by atoms with E-state index < -0.39 is 0 Å². The summed E-state index contributed by atoms with van der Waals surface area (Å²) in [7, 11) is 0. The molecule has 4 heteroatoms. The zero-order chi connectivity index (χ0) is 16.0. The van der Waals surface area contributed by atoms with Gasteiger partial charge < -0.3 is 0 Å². The van der Waals surface area contributed by atoms with Crippen molar-refractivity contribution in [3.05, 3.63) is 39.9 Å². The first-order valence-electron chi connectivity index (χ1n) is 8.32.